The van der Waals surface area contributed by atoms with Gasteiger partial charge in [0.1, 0.15) is 6.54 Å². The predicted octanol–water partition coefficient (Wildman–Crippen LogP) is 2.11. The monoisotopic (exact) mass is 365 g/mol. The molecule has 27 heavy (non-hydrogen) atoms. The Morgan fingerprint density at radius 1 is 0.926 bits per heavy atom. The number of piperazine rings is 1. The van der Waals surface area contributed by atoms with Crippen LogP contribution in [0.5, 0.6) is 0 Å². The number of nitrogens with zero attached hydrogens (tertiary/aromatic N) is 2. The fourth-order valence-electron chi connectivity index (χ4n) is 3.01. The summed E-state index contributed by atoms with van der Waals surface area (Å²) in [6.07, 6.45) is 0. The Hall–Kier alpha value is -3.15. The number of nitrogens with one attached hydrogen (secondary N) is 1. The molecule has 1 fully saturated rings. The third-order valence-corrected chi connectivity index (χ3v) is 4.64. The van der Waals surface area contributed by atoms with Crippen molar-refractivity contribution < 1.29 is 14.4 Å². The van der Waals surface area contributed by atoms with Crippen LogP contribution in [0.15, 0.2) is 48.5 Å². The summed E-state index contributed by atoms with van der Waals surface area (Å²) in [7, 11) is 0. The second kappa shape index (κ2) is 8.03. The average Bonchev–Trinajstić information content (AvgIpc) is 2.65. The minimum absolute atomic E-state index is 0.128. The summed E-state index contributed by atoms with van der Waals surface area (Å²) in [5.41, 5.74) is 3.77. The molecule has 0 aromatic heterocycles. The fraction of sp³-hybridized carbons (Fsp3) is 0.286. The van der Waals surface area contributed by atoms with Crippen molar-refractivity contribution in [3.05, 3.63) is 65.2 Å². The van der Waals surface area contributed by atoms with Crippen molar-refractivity contribution in [1.82, 2.24) is 9.80 Å². The second-order valence-corrected chi connectivity index (χ2v) is 6.80. The molecule has 1 saturated heterocycles. The molecule has 2 aromatic rings. The molecule has 1 heterocycles. The van der Waals surface area contributed by atoms with Crippen molar-refractivity contribution >= 4 is 23.4 Å². The molecule has 1 N–H and O–H groups in total. The van der Waals surface area contributed by atoms with E-state index in [4.69, 9.17) is 0 Å². The van der Waals surface area contributed by atoms with Gasteiger partial charge in [0.2, 0.25) is 5.91 Å². The standard InChI is InChI=1S/C21H23N3O3/c1-15-7-9-17(10-8-15)13-23-11-12-24(21(27)20(23)26)14-19(25)22-18-6-4-3-5-16(18)2/h3-10H,11-14H2,1-2H3,(H,22,25). The number of para-hydroxylation sites is 1. The topological polar surface area (TPSA) is 69.7 Å². The molecule has 0 unspecified atom stereocenters. The van der Waals surface area contributed by atoms with Crippen LogP contribution in [-0.4, -0.2) is 47.2 Å². The van der Waals surface area contributed by atoms with E-state index in [1.54, 1.807) is 6.07 Å². The Morgan fingerprint density at radius 3 is 2.26 bits per heavy atom. The van der Waals surface area contributed by atoms with Gasteiger partial charge < -0.3 is 15.1 Å². The molecule has 6 nitrogen and oxygen atoms in total. The normalized spacial score (nSPS) is 14.4. The van der Waals surface area contributed by atoms with Gasteiger partial charge in [0.15, 0.2) is 0 Å². The lowest BCUT2D eigenvalue weighted by Crippen LogP contribution is -2.55. The zero-order valence-electron chi connectivity index (χ0n) is 15.6. The van der Waals surface area contributed by atoms with Gasteiger partial charge in [-0.25, -0.2) is 0 Å². The predicted molar refractivity (Wildman–Crippen MR) is 103 cm³/mol. The first-order chi connectivity index (χ1) is 12.9. The van der Waals surface area contributed by atoms with Crippen molar-refractivity contribution in [3.8, 4) is 0 Å². The highest BCUT2D eigenvalue weighted by atomic mass is 16.2. The summed E-state index contributed by atoms with van der Waals surface area (Å²) < 4.78 is 0. The zero-order valence-corrected chi connectivity index (χ0v) is 15.6. The number of carbonyl (C=O) groups is 3. The van der Waals surface area contributed by atoms with Crippen LogP contribution in [0.4, 0.5) is 5.69 Å². The molecule has 3 amide bonds. The highest BCUT2D eigenvalue weighted by molar-refractivity contribution is 6.35. The first kappa shape index (κ1) is 18.6. The molecule has 0 atom stereocenters. The average molecular weight is 365 g/mol. The maximum absolute atomic E-state index is 12.4. The van der Waals surface area contributed by atoms with Gasteiger partial charge in [-0.05, 0) is 31.0 Å². The van der Waals surface area contributed by atoms with E-state index in [9.17, 15) is 14.4 Å². The van der Waals surface area contributed by atoms with E-state index < -0.39 is 11.8 Å². The summed E-state index contributed by atoms with van der Waals surface area (Å²) in [6, 6.07) is 15.3. The van der Waals surface area contributed by atoms with Crippen molar-refractivity contribution in [1.29, 1.82) is 0 Å². The van der Waals surface area contributed by atoms with Crippen LogP contribution in [0, 0.1) is 13.8 Å². The maximum Gasteiger partial charge on any atom is 0.312 e. The molecule has 6 heteroatoms. The van der Waals surface area contributed by atoms with E-state index in [-0.39, 0.29) is 12.5 Å². The lowest BCUT2D eigenvalue weighted by Gasteiger charge is -2.33. The number of anilines is 1. The largest absolute Gasteiger partial charge is 0.328 e. The van der Waals surface area contributed by atoms with Crippen LogP contribution in [0.2, 0.25) is 0 Å². The number of carbonyl (C=O) groups excluding carboxylic acids is 3. The van der Waals surface area contributed by atoms with Gasteiger partial charge >= 0.3 is 11.8 Å². The lowest BCUT2D eigenvalue weighted by atomic mass is 10.1. The molecule has 0 radical (unpaired) electrons. The number of aryl methyl sites for hydroxylation is 2. The summed E-state index contributed by atoms with van der Waals surface area (Å²) in [5, 5.41) is 2.79. The molecular formula is C21H23N3O3. The summed E-state index contributed by atoms with van der Waals surface area (Å²) >= 11 is 0. The van der Waals surface area contributed by atoms with Crippen molar-refractivity contribution in [2.75, 3.05) is 25.0 Å². The van der Waals surface area contributed by atoms with Crippen LogP contribution in [0.25, 0.3) is 0 Å². The smallest absolute Gasteiger partial charge is 0.312 e. The van der Waals surface area contributed by atoms with E-state index in [1.165, 1.54) is 9.80 Å². The zero-order chi connectivity index (χ0) is 19.4. The van der Waals surface area contributed by atoms with E-state index in [2.05, 4.69) is 5.32 Å². The molecule has 1 aliphatic heterocycles. The van der Waals surface area contributed by atoms with Crippen molar-refractivity contribution in [2.24, 2.45) is 0 Å². The Kier molecular flexibility index (Phi) is 5.54. The summed E-state index contributed by atoms with van der Waals surface area (Å²) in [5.74, 6) is -1.50. The molecule has 0 bridgehead atoms. The Balaban J connectivity index is 1.57. The summed E-state index contributed by atoms with van der Waals surface area (Å²) in [6.45, 7) is 4.92. The molecular weight excluding hydrogens is 342 g/mol. The Bertz CT molecular complexity index is 861. The minimum atomic E-state index is -0.631. The van der Waals surface area contributed by atoms with Crippen LogP contribution in [-0.2, 0) is 20.9 Å². The molecule has 2 aromatic carbocycles. The number of amides is 3. The van der Waals surface area contributed by atoms with E-state index in [1.807, 2.05) is 56.3 Å². The molecule has 0 saturated carbocycles. The van der Waals surface area contributed by atoms with Crippen LogP contribution >= 0.6 is 0 Å². The molecule has 0 spiro atoms. The second-order valence-electron chi connectivity index (χ2n) is 6.80. The van der Waals surface area contributed by atoms with Gasteiger partial charge in [-0.3, -0.25) is 14.4 Å². The SMILES string of the molecule is Cc1ccc(CN2CCN(CC(=O)Nc3ccccc3C)C(=O)C2=O)cc1. The van der Waals surface area contributed by atoms with Crippen molar-refractivity contribution in [3.63, 3.8) is 0 Å². The molecule has 3 rings (SSSR count). The van der Waals surface area contributed by atoms with E-state index in [0.29, 0.717) is 25.3 Å². The fourth-order valence-corrected chi connectivity index (χ4v) is 3.01. The van der Waals surface area contributed by atoms with Gasteiger partial charge in [-0.2, -0.15) is 0 Å². The summed E-state index contributed by atoms with van der Waals surface area (Å²) in [4.78, 5) is 39.9. The van der Waals surface area contributed by atoms with E-state index >= 15 is 0 Å². The highest BCUT2D eigenvalue weighted by Gasteiger charge is 2.33. The van der Waals surface area contributed by atoms with Crippen LogP contribution in [0.1, 0.15) is 16.7 Å². The van der Waals surface area contributed by atoms with Gasteiger partial charge in [0, 0.05) is 25.3 Å². The lowest BCUT2D eigenvalue weighted by molar-refractivity contribution is -0.157. The van der Waals surface area contributed by atoms with Gasteiger partial charge in [-0.15, -0.1) is 0 Å². The van der Waals surface area contributed by atoms with Gasteiger partial charge in [-0.1, -0.05) is 48.0 Å². The number of hydrogen-bond donors (Lipinski definition) is 1. The highest BCUT2D eigenvalue weighted by Crippen LogP contribution is 2.14. The molecule has 0 aliphatic carbocycles. The number of rotatable bonds is 5. The molecule has 1 aliphatic rings. The molecule has 140 valence electrons. The first-order valence-corrected chi connectivity index (χ1v) is 8.93. The van der Waals surface area contributed by atoms with Gasteiger partial charge in [0.05, 0.1) is 0 Å². The maximum atomic E-state index is 12.4. The van der Waals surface area contributed by atoms with Crippen LogP contribution < -0.4 is 5.32 Å². The number of benzene rings is 2. The third-order valence-electron chi connectivity index (χ3n) is 4.64. The van der Waals surface area contributed by atoms with E-state index in [0.717, 1.165) is 16.7 Å². The van der Waals surface area contributed by atoms with Crippen molar-refractivity contribution in [2.45, 2.75) is 20.4 Å². The van der Waals surface area contributed by atoms with Gasteiger partial charge in [0.25, 0.3) is 0 Å². The quantitative estimate of drug-likeness (QED) is 0.825. The first-order valence-electron chi connectivity index (χ1n) is 8.93. The Labute approximate surface area is 158 Å². The third kappa shape index (κ3) is 4.53. The number of hydrogen-bond acceptors (Lipinski definition) is 3. The Morgan fingerprint density at radius 2 is 1.56 bits per heavy atom. The van der Waals surface area contributed by atoms with Crippen LogP contribution in [0.3, 0.4) is 0 Å². The minimum Gasteiger partial charge on any atom is -0.328 e.